The average Bonchev–Trinajstić information content (AvgIpc) is 3.05. The summed E-state index contributed by atoms with van der Waals surface area (Å²) in [6.45, 7) is 0.858. The lowest BCUT2D eigenvalue weighted by atomic mass is 10.2. The number of tetrazole rings is 1. The molecule has 1 aromatic heterocycles. The minimum Gasteiger partial charge on any atom is -0.258 e. The number of hydrogen-bond donors (Lipinski definition) is 0. The number of nitrogens with zero attached hydrogens (tertiary/aromatic N) is 6. The third-order valence-electron chi connectivity index (χ3n) is 4.97. The molecule has 2 aromatic carbocycles. The number of benzene rings is 2. The van der Waals surface area contributed by atoms with Crippen molar-refractivity contribution < 1.29 is 13.3 Å². The van der Waals surface area contributed by atoms with E-state index >= 15 is 0 Å². The molecule has 4 rings (SSSR count). The van der Waals surface area contributed by atoms with Gasteiger partial charge < -0.3 is 0 Å². The van der Waals surface area contributed by atoms with Crippen molar-refractivity contribution in [3.05, 3.63) is 58.6 Å². The van der Waals surface area contributed by atoms with Crippen molar-refractivity contribution in [2.24, 2.45) is 0 Å². The largest absolute Gasteiger partial charge is 0.284 e. The number of para-hydroxylation sites is 1. The molecule has 0 unspecified atom stereocenters. The van der Waals surface area contributed by atoms with Crippen LogP contribution >= 0.6 is 11.8 Å². The van der Waals surface area contributed by atoms with Crippen LogP contribution in [0.15, 0.2) is 63.5 Å². The Morgan fingerprint density at radius 1 is 1.00 bits per heavy atom. The van der Waals surface area contributed by atoms with Crippen molar-refractivity contribution in [1.82, 2.24) is 24.5 Å². The smallest absolute Gasteiger partial charge is 0.258 e. The van der Waals surface area contributed by atoms with E-state index in [2.05, 4.69) is 15.5 Å². The molecule has 0 amide bonds. The number of sulfonamides is 1. The van der Waals surface area contributed by atoms with Gasteiger partial charge in [-0.25, -0.2) is 8.42 Å². The van der Waals surface area contributed by atoms with Crippen LogP contribution in [0.2, 0.25) is 0 Å². The molecule has 0 atom stereocenters. The Kier molecular flexibility index (Phi) is 6.30. The SMILES string of the molecule is O=[N+]([O-])c1cc(S(=O)(=O)N2CCCCCC2)ccc1Sc1nnnn1-c1ccccc1. The Morgan fingerprint density at radius 2 is 1.71 bits per heavy atom. The molecule has 0 spiro atoms. The number of hydrogen-bond acceptors (Lipinski definition) is 8. The van der Waals surface area contributed by atoms with E-state index in [1.807, 2.05) is 30.3 Å². The molecule has 0 saturated carbocycles. The van der Waals surface area contributed by atoms with Gasteiger partial charge in [0, 0.05) is 19.2 Å². The van der Waals surface area contributed by atoms with Crippen molar-refractivity contribution >= 4 is 27.5 Å². The Hall–Kier alpha value is -2.83. The molecular formula is C19H20N6O4S2. The first kappa shape index (κ1) is 21.4. The van der Waals surface area contributed by atoms with Gasteiger partial charge in [-0.15, -0.1) is 5.10 Å². The molecule has 31 heavy (non-hydrogen) atoms. The second kappa shape index (κ2) is 9.12. The van der Waals surface area contributed by atoms with Crippen molar-refractivity contribution in [2.45, 2.75) is 40.6 Å². The average molecular weight is 461 g/mol. The number of aromatic nitrogens is 4. The minimum atomic E-state index is -3.80. The van der Waals surface area contributed by atoms with E-state index in [-0.39, 0.29) is 15.5 Å². The summed E-state index contributed by atoms with van der Waals surface area (Å²) in [5.41, 5.74) is 0.404. The Labute approximate surface area is 183 Å². The van der Waals surface area contributed by atoms with Gasteiger partial charge in [0.2, 0.25) is 15.2 Å². The predicted octanol–water partition coefficient (Wildman–Crippen LogP) is 3.29. The van der Waals surface area contributed by atoms with Crippen LogP contribution in [0.3, 0.4) is 0 Å². The molecule has 0 aliphatic carbocycles. The molecule has 1 fully saturated rings. The van der Waals surface area contributed by atoms with Gasteiger partial charge in [0.05, 0.1) is 20.4 Å². The Balaban J connectivity index is 1.67. The third kappa shape index (κ3) is 4.60. The summed E-state index contributed by atoms with van der Waals surface area (Å²) in [4.78, 5) is 11.3. The van der Waals surface area contributed by atoms with Gasteiger partial charge in [-0.3, -0.25) is 10.1 Å². The van der Waals surface area contributed by atoms with Crippen LogP contribution in [0.5, 0.6) is 0 Å². The predicted molar refractivity (Wildman–Crippen MR) is 114 cm³/mol. The number of rotatable bonds is 6. The molecular weight excluding hydrogens is 440 g/mol. The van der Waals surface area contributed by atoms with Gasteiger partial charge in [0.1, 0.15) is 0 Å². The standard InChI is InChI=1S/C19H20N6O4S2/c26-25(27)17-14-16(31(28,29)23-12-6-1-2-7-13-23)10-11-18(17)30-19-20-21-22-24(19)15-8-4-3-5-9-15/h3-5,8-11,14H,1-2,6-7,12-13H2. The Morgan fingerprint density at radius 3 is 2.39 bits per heavy atom. The van der Waals surface area contributed by atoms with Crippen LogP contribution in [0.25, 0.3) is 5.69 Å². The molecule has 0 N–H and O–H groups in total. The molecule has 2 heterocycles. The highest BCUT2D eigenvalue weighted by Gasteiger charge is 2.28. The van der Waals surface area contributed by atoms with Crippen molar-refractivity contribution in [1.29, 1.82) is 0 Å². The highest BCUT2D eigenvalue weighted by Crippen LogP contribution is 2.36. The van der Waals surface area contributed by atoms with Crippen LogP contribution in [0.4, 0.5) is 5.69 Å². The normalized spacial score (nSPS) is 15.5. The van der Waals surface area contributed by atoms with Crippen LogP contribution in [-0.2, 0) is 10.0 Å². The fourth-order valence-electron chi connectivity index (χ4n) is 3.39. The molecule has 1 saturated heterocycles. The van der Waals surface area contributed by atoms with Gasteiger partial charge in [0.15, 0.2) is 0 Å². The molecule has 3 aromatic rings. The zero-order chi connectivity index (χ0) is 21.8. The van der Waals surface area contributed by atoms with E-state index in [0.717, 1.165) is 43.5 Å². The van der Waals surface area contributed by atoms with Gasteiger partial charge in [-0.1, -0.05) is 31.0 Å². The first-order valence-electron chi connectivity index (χ1n) is 9.77. The van der Waals surface area contributed by atoms with Crippen molar-refractivity contribution in [3.63, 3.8) is 0 Å². The molecule has 12 heteroatoms. The maximum atomic E-state index is 13.0. The molecule has 0 bridgehead atoms. The summed E-state index contributed by atoms with van der Waals surface area (Å²) in [5, 5.41) is 23.6. The van der Waals surface area contributed by atoms with Crippen LogP contribution < -0.4 is 0 Å². The fraction of sp³-hybridized carbons (Fsp3) is 0.316. The number of nitro benzene ring substituents is 1. The fourth-order valence-corrected chi connectivity index (χ4v) is 5.80. The van der Waals surface area contributed by atoms with Crippen molar-refractivity contribution in [3.8, 4) is 5.69 Å². The lowest BCUT2D eigenvalue weighted by molar-refractivity contribution is -0.388. The molecule has 0 radical (unpaired) electrons. The van der Waals surface area contributed by atoms with E-state index in [1.165, 1.54) is 21.1 Å². The zero-order valence-electron chi connectivity index (χ0n) is 16.5. The molecule has 162 valence electrons. The summed E-state index contributed by atoms with van der Waals surface area (Å²) in [5.74, 6) is 0. The first-order valence-corrected chi connectivity index (χ1v) is 12.0. The lowest BCUT2D eigenvalue weighted by Crippen LogP contribution is -2.31. The summed E-state index contributed by atoms with van der Waals surface area (Å²) < 4.78 is 29.0. The second-order valence-electron chi connectivity index (χ2n) is 7.02. The maximum absolute atomic E-state index is 13.0. The summed E-state index contributed by atoms with van der Waals surface area (Å²) in [6, 6.07) is 13.1. The van der Waals surface area contributed by atoms with Crippen molar-refractivity contribution in [2.75, 3.05) is 13.1 Å². The monoisotopic (exact) mass is 460 g/mol. The molecule has 10 nitrogen and oxygen atoms in total. The highest BCUT2D eigenvalue weighted by atomic mass is 32.2. The van der Waals surface area contributed by atoms with Crippen LogP contribution in [0.1, 0.15) is 25.7 Å². The summed E-state index contributed by atoms with van der Waals surface area (Å²) >= 11 is 1.01. The van der Waals surface area contributed by atoms with E-state index in [9.17, 15) is 18.5 Å². The van der Waals surface area contributed by atoms with E-state index < -0.39 is 14.9 Å². The topological polar surface area (TPSA) is 124 Å². The summed E-state index contributed by atoms with van der Waals surface area (Å²) in [7, 11) is -3.80. The quantitative estimate of drug-likeness (QED) is 0.405. The van der Waals surface area contributed by atoms with Gasteiger partial charge in [-0.2, -0.15) is 8.99 Å². The molecule has 1 aliphatic heterocycles. The van der Waals surface area contributed by atoms with Gasteiger partial charge >= 0.3 is 0 Å². The lowest BCUT2D eigenvalue weighted by Gasteiger charge is -2.20. The first-order chi connectivity index (χ1) is 15.0. The maximum Gasteiger partial charge on any atom is 0.284 e. The van der Waals surface area contributed by atoms with E-state index in [1.54, 1.807) is 0 Å². The summed E-state index contributed by atoms with van der Waals surface area (Å²) in [6.07, 6.45) is 3.55. The molecule has 1 aliphatic rings. The second-order valence-corrected chi connectivity index (χ2v) is 9.96. The van der Waals surface area contributed by atoms with E-state index in [4.69, 9.17) is 0 Å². The number of nitro groups is 1. The van der Waals surface area contributed by atoms with E-state index in [0.29, 0.717) is 23.9 Å². The Bertz CT molecular complexity index is 1180. The van der Waals surface area contributed by atoms with Gasteiger partial charge in [0.25, 0.3) is 5.69 Å². The van der Waals surface area contributed by atoms with Crippen LogP contribution in [-0.4, -0.2) is 50.9 Å². The highest BCUT2D eigenvalue weighted by molar-refractivity contribution is 7.99. The minimum absolute atomic E-state index is 0.0758. The van der Waals surface area contributed by atoms with Gasteiger partial charge in [-0.05, 0) is 59.3 Å². The van der Waals surface area contributed by atoms with Crippen LogP contribution in [0, 0.1) is 10.1 Å². The third-order valence-corrected chi connectivity index (χ3v) is 7.87. The zero-order valence-corrected chi connectivity index (χ0v) is 18.1.